The lowest BCUT2D eigenvalue weighted by Gasteiger charge is -1.98. The second-order valence-electron chi connectivity index (χ2n) is 4.09. The van der Waals surface area contributed by atoms with Crippen LogP contribution in [0.1, 0.15) is 18.2 Å². The Morgan fingerprint density at radius 3 is 3.06 bits per heavy atom. The summed E-state index contributed by atoms with van der Waals surface area (Å²) in [6.45, 7) is 1.89. The molecule has 0 amide bonds. The largest absolute Gasteiger partial charge is 0.334 e. The average molecular weight is 232 g/mol. The summed E-state index contributed by atoms with van der Waals surface area (Å²) in [6, 6.07) is 3.11. The molecule has 1 atom stereocenters. The van der Waals surface area contributed by atoms with E-state index in [1.807, 2.05) is 0 Å². The van der Waals surface area contributed by atoms with Gasteiger partial charge in [-0.15, -0.1) is 0 Å². The van der Waals surface area contributed by atoms with Crippen LogP contribution in [-0.4, -0.2) is 28.2 Å². The van der Waals surface area contributed by atoms with Crippen molar-refractivity contribution in [2.75, 3.05) is 13.1 Å². The van der Waals surface area contributed by atoms with E-state index in [0.29, 0.717) is 11.8 Å². The summed E-state index contributed by atoms with van der Waals surface area (Å²) in [5.41, 5.74) is 0.586. The Morgan fingerprint density at radius 2 is 2.35 bits per heavy atom. The van der Waals surface area contributed by atoms with Gasteiger partial charge in [-0.3, -0.25) is 4.79 Å². The molecule has 6 heteroatoms. The van der Waals surface area contributed by atoms with Gasteiger partial charge in [0.05, 0.1) is 5.56 Å². The molecule has 0 bridgehead atoms. The predicted octanol–water partition coefficient (Wildman–Crippen LogP) is 0.502. The molecule has 1 fully saturated rings. The van der Waals surface area contributed by atoms with Crippen LogP contribution >= 0.6 is 0 Å². The summed E-state index contributed by atoms with van der Waals surface area (Å²) in [5.74, 6) is 1.51. The number of hydrogen-bond acceptors (Lipinski definition) is 5. The van der Waals surface area contributed by atoms with Crippen molar-refractivity contribution in [2.24, 2.45) is 0 Å². The van der Waals surface area contributed by atoms with Crippen LogP contribution in [0.2, 0.25) is 0 Å². The number of nitrogens with zero attached hydrogens (tertiary/aromatic N) is 2. The Labute approximate surface area is 97.1 Å². The molecular formula is C11H12N4O2. The lowest BCUT2D eigenvalue weighted by molar-refractivity contribution is 0.417. The number of pyridine rings is 1. The minimum atomic E-state index is -0.145. The molecule has 88 valence electrons. The average Bonchev–Trinajstić information content (AvgIpc) is 3.00. The smallest absolute Gasteiger partial charge is 0.259 e. The van der Waals surface area contributed by atoms with Gasteiger partial charge in [0.25, 0.3) is 5.89 Å². The number of H-pyrrole nitrogens is 1. The molecule has 1 saturated heterocycles. The van der Waals surface area contributed by atoms with Crippen LogP contribution in [0, 0.1) is 0 Å². The lowest BCUT2D eigenvalue weighted by Crippen LogP contribution is -2.08. The van der Waals surface area contributed by atoms with Crippen molar-refractivity contribution < 1.29 is 4.52 Å². The fraction of sp³-hybridized carbons (Fsp3) is 0.364. The molecule has 0 unspecified atom stereocenters. The molecule has 2 aromatic heterocycles. The van der Waals surface area contributed by atoms with E-state index in [4.69, 9.17) is 4.52 Å². The van der Waals surface area contributed by atoms with Gasteiger partial charge in [-0.05, 0) is 19.0 Å². The summed E-state index contributed by atoms with van der Waals surface area (Å²) in [5, 5.41) is 7.24. The van der Waals surface area contributed by atoms with Crippen LogP contribution in [0.15, 0.2) is 27.6 Å². The fourth-order valence-electron chi connectivity index (χ4n) is 1.94. The number of rotatable bonds is 2. The highest BCUT2D eigenvalue weighted by molar-refractivity contribution is 5.50. The van der Waals surface area contributed by atoms with Gasteiger partial charge in [-0.25, -0.2) is 0 Å². The summed E-state index contributed by atoms with van der Waals surface area (Å²) < 4.78 is 5.19. The third kappa shape index (κ3) is 1.99. The monoisotopic (exact) mass is 232 g/mol. The van der Waals surface area contributed by atoms with Crippen LogP contribution in [-0.2, 0) is 0 Å². The van der Waals surface area contributed by atoms with E-state index in [0.717, 1.165) is 30.9 Å². The van der Waals surface area contributed by atoms with Crippen LogP contribution < -0.4 is 10.9 Å². The van der Waals surface area contributed by atoms with Crippen molar-refractivity contribution in [3.8, 4) is 11.5 Å². The van der Waals surface area contributed by atoms with Gasteiger partial charge in [0.2, 0.25) is 5.56 Å². The highest BCUT2D eigenvalue weighted by Crippen LogP contribution is 2.22. The Hall–Kier alpha value is -1.95. The first-order valence-corrected chi connectivity index (χ1v) is 5.56. The van der Waals surface area contributed by atoms with E-state index in [1.54, 1.807) is 12.3 Å². The number of aromatic amines is 1. The standard InChI is InChI=1S/C11H12N4O2/c16-9-2-1-8(6-13-9)11-14-10(15-17-11)7-3-4-12-5-7/h1-2,6-7,12H,3-5H2,(H,13,16)/t7-/m0/s1. The zero-order valence-corrected chi connectivity index (χ0v) is 9.14. The van der Waals surface area contributed by atoms with Gasteiger partial charge in [-0.1, -0.05) is 5.16 Å². The van der Waals surface area contributed by atoms with E-state index in [2.05, 4.69) is 20.4 Å². The number of hydrogen-bond donors (Lipinski definition) is 2. The van der Waals surface area contributed by atoms with Crippen LogP contribution in [0.4, 0.5) is 0 Å². The molecule has 17 heavy (non-hydrogen) atoms. The van der Waals surface area contributed by atoms with Gasteiger partial charge >= 0.3 is 0 Å². The second kappa shape index (κ2) is 4.14. The minimum absolute atomic E-state index is 0.145. The second-order valence-corrected chi connectivity index (χ2v) is 4.09. The Morgan fingerprint density at radius 1 is 1.41 bits per heavy atom. The summed E-state index contributed by atoms with van der Waals surface area (Å²) >= 11 is 0. The summed E-state index contributed by atoms with van der Waals surface area (Å²) in [6.07, 6.45) is 2.61. The minimum Gasteiger partial charge on any atom is -0.334 e. The van der Waals surface area contributed by atoms with Gasteiger partial charge in [0.15, 0.2) is 5.82 Å². The highest BCUT2D eigenvalue weighted by atomic mass is 16.5. The fourth-order valence-corrected chi connectivity index (χ4v) is 1.94. The van der Waals surface area contributed by atoms with Crippen molar-refractivity contribution in [1.29, 1.82) is 0 Å². The third-order valence-electron chi connectivity index (χ3n) is 2.90. The normalized spacial score (nSPS) is 19.6. The van der Waals surface area contributed by atoms with E-state index in [-0.39, 0.29) is 5.56 Å². The van der Waals surface area contributed by atoms with E-state index >= 15 is 0 Å². The first-order chi connectivity index (χ1) is 8.33. The van der Waals surface area contributed by atoms with Crippen molar-refractivity contribution in [3.63, 3.8) is 0 Å². The first-order valence-electron chi connectivity index (χ1n) is 5.56. The molecule has 3 heterocycles. The molecule has 2 N–H and O–H groups in total. The van der Waals surface area contributed by atoms with Gasteiger partial charge in [-0.2, -0.15) is 4.98 Å². The summed E-state index contributed by atoms with van der Waals surface area (Å²) in [4.78, 5) is 17.9. The first kappa shape index (κ1) is 10.2. The highest BCUT2D eigenvalue weighted by Gasteiger charge is 2.22. The van der Waals surface area contributed by atoms with Gasteiger partial charge < -0.3 is 14.8 Å². The summed E-state index contributed by atoms with van der Waals surface area (Å²) in [7, 11) is 0. The lowest BCUT2D eigenvalue weighted by atomic mass is 10.1. The predicted molar refractivity (Wildman–Crippen MR) is 60.6 cm³/mol. The van der Waals surface area contributed by atoms with E-state index in [9.17, 15) is 4.79 Å². The maximum absolute atomic E-state index is 10.9. The van der Waals surface area contributed by atoms with Gasteiger partial charge in [0, 0.05) is 24.7 Å². The third-order valence-corrected chi connectivity index (χ3v) is 2.90. The maximum atomic E-state index is 10.9. The molecule has 1 aliphatic heterocycles. The molecule has 6 nitrogen and oxygen atoms in total. The molecule has 0 aromatic carbocycles. The van der Waals surface area contributed by atoms with Crippen molar-refractivity contribution in [3.05, 3.63) is 34.5 Å². The van der Waals surface area contributed by atoms with E-state index < -0.39 is 0 Å². The van der Waals surface area contributed by atoms with Gasteiger partial charge in [0.1, 0.15) is 0 Å². The van der Waals surface area contributed by atoms with Crippen LogP contribution in [0.25, 0.3) is 11.5 Å². The zero-order chi connectivity index (χ0) is 11.7. The molecule has 1 aliphatic rings. The SMILES string of the molecule is O=c1ccc(-c2nc([C@H]3CCNC3)no2)c[nH]1. The Balaban J connectivity index is 1.89. The van der Waals surface area contributed by atoms with Crippen molar-refractivity contribution >= 4 is 0 Å². The molecule has 0 aliphatic carbocycles. The number of aromatic nitrogens is 3. The van der Waals surface area contributed by atoms with Crippen LogP contribution in [0.3, 0.4) is 0 Å². The Bertz CT molecular complexity index is 548. The molecule has 0 radical (unpaired) electrons. The molecule has 2 aromatic rings. The molecule has 0 spiro atoms. The molecule has 0 saturated carbocycles. The van der Waals surface area contributed by atoms with Crippen LogP contribution in [0.5, 0.6) is 0 Å². The molecule has 3 rings (SSSR count). The number of nitrogens with one attached hydrogen (secondary N) is 2. The van der Waals surface area contributed by atoms with Crippen molar-refractivity contribution in [1.82, 2.24) is 20.4 Å². The quantitative estimate of drug-likeness (QED) is 0.787. The van der Waals surface area contributed by atoms with Crippen molar-refractivity contribution in [2.45, 2.75) is 12.3 Å². The van der Waals surface area contributed by atoms with E-state index in [1.165, 1.54) is 6.07 Å². The maximum Gasteiger partial charge on any atom is 0.259 e. The Kier molecular flexibility index (Phi) is 2.49. The topological polar surface area (TPSA) is 83.8 Å². The molecular weight excluding hydrogens is 220 g/mol. The zero-order valence-electron chi connectivity index (χ0n) is 9.14.